The minimum Gasteiger partial charge on any atom is -0.462 e. The van der Waals surface area contributed by atoms with Gasteiger partial charge < -0.3 is 15.4 Å². The first-order valence-electron chi connectivity index (χ1n) is 7.94. The lowest BCUT2D eigenvalue weighted by Gasteiger charge is -2.09. The molecule has 1 aromatic heterocycles. The van der Waals surface area contributed by atoms with Crippen molar-refractivity contribution in [2.75, 3.05) is 23.0 Å². The lowest BCUT2D eigenvalue weighted by molar-refractivity contribution is -0.113. The van der Waals surface area contributed by atoms with E-state index in [1.807, 2.05) is 0 Å². The lowest BCUT2D eigenvalue weighted by Crippen LogP contribution is -2.17. The van der Waals surface area contributed by atoms with E-state index in [1.54, 1.807) is 31.2 Å². The fraction of sp³-hybridized carbons (Fsp3) is 0.375. The molecule has 1 aliphatic rings. The van der Waals surface area contributed by atoms with Gasteiger partial charge in [0.25, 0.3) is 0 Å². The highest BCUT2D eigenvalue weighted by Crippen LogP contribution is 2.30. The molecular formula is C16H18N4O3S2. The highest BCUT2D eigenvalue weighted by atomic mass is 32.2. The van der Waals surface area contributed by atoms with Crippen LogP contribution in [0.5, 0.6) is 0 Å². The summed E-state index contributed by atoms with van der Waals surface area (Å²) in [6, 6.07) is 7.31. The van der Waals surface area contributed by atoms with E-state index in [1.165, 1.54) is 35.9 Å². The predicted molar refractivity (Wildman–Crippen MR) is 98.3 cm³/mol. The zero-order valence-corrected chi connectivity index (χ0v) is 15.3. The number of rotatable bonds is 8. The topological polar surface area (TPSA) is 93.2 Å². The average Bonchev–Trinajstić information content (AvgIpc) is 3.30. The first kappa shape index (κ1) is 17.7. The van der Waals surface area contributed by atoms with Crippen molar-refractivity contribution in [2.24, 2.45) is 0 Å². The average molecular weight is 378 g/mol. The van der Waals surface area contributed by atoms with Crippen LogP contribution in [0, 0.1) is 0 Å². The molecule has 2 N–H and O–H groups in total. The Kier molecular flexibility index (Phi) is 5.87. The lowest BCUT2D eigenvalue weighted by atomic mass is 10.2. The van der Waals surface area contributed by atoms with Crippen LogP contribution in [-0.2, 0) is 9.53 Å². The Morgan fingerprint density at radius 2 is 2.12 bits per heavy atom. The summed E-state index contributed by atoms with van der Waals surface area (Å²) in [7, 11) is 0. The number of aromatic nitrogens is 2. The molecule has 0 saturated heterocycles. The Balaban J connectivity index is 1.53. The summed E-state index contributed by atoms with van der Waals surface area (Å²) in [5.74, 6) is -0.477. The molecule has 1 aromatic carbocycles. The van der Waals surface area contributed by atoms with Crippen LogP contribution in [-0.4, -0.2) is 40.5 Å². The number of para-hydroxylation sites is 1. The van der Waals surface area contributed by atoms with E-state index in [4.69, 9.17) is 4.74 Å². The summed E-state index contributed by atoms with van der Waals surface area (Å²) in [6.07, 6.45) is 2.34. The number of nitrogens with one attached hydrogen (secondary N) is 2. The van der Waals surface area contributed by atoms with Crippen LogP contribution in [0.4, 0.5) is 10.8 Å². The number of ether oxygens (including phenoxy) is 1. The van der Waals surface area contributed by atoms with E-state index >= 15 is 0 Å². The van der Waals surface area contributed by atoms with Gasteiger partial charge in [0.1, 0.15) is 0 Å². The Morgan fingerprint density at radius 1 is 1.32 bits per heavy atom. The third-order valence-corrected chi connectivity index (χ3v) is 5.32. The maximum absolute atomic E-state index is 12.2. The Hall–Kier alpha value is -2.13. The molecule has 0 bridgehead atoms. The molecule has 0 unspecified atom stereocenters. The van der Waals surface area contributed by atoms with Crippen LogP contribution >= 0.6 is 23.1 Å². The maximum atomic E-state index is 12.2. The molecule has 9 heteroatoms. The zero-order chi connectivity index (χ0) is 17.6. The second-order valence-corrected chi connectivity index (χ2v) is 7.59. The summed E-state index contributed by atoms with van der Waals surface area (Å²) in [5.41, 5.74) is 0.787. The van der Waals surface area contributed by atoms with Crippen molar-refractivity contribution in [1.82, 2.24) is 10.2 Å². The van der Waals surface area contributed by atoms with E-state index in [0.717, 1.165) is 9.47 Å². The number of anilines is 2. The first-order chi connectivity index (χ1) is 12.2. The van der Waals surface area contributed by atoms with E-state index in [-0.39, 0.29) is 18.3 Å². The van der Waals surface area contributed by atoms with Gasteiger partial charge in [-0.1, -0.05) is 35.2 Å². The van der Waals surface area contributed by atoms with Crippen LogP contribution in [0.1, 0.15) is 30.1 Å². The van der Waals surface area contributed by atoms with Gasteiger partial charge in [0.15, 0.2) is 4.34 Å². The zero-order valence-electron chi connectivity index (χ0n) is 13.7. The molecule has 1 fully saturated rings. The maximum Gasteiger partial charge on any atom is 0.340 e. The number of amides is 1. The monoisotopic (exact) mass is 378 g/mol. The van der Waals surface area contributed by atoms with Gasteiger partial charge in [-0.25, -0.2) is 4.79 Å². The van der Waals surface area contributed by atoms with Crippen LogP contribution in [0.25, 0.3) is 0 Å². The summed E-state index contributed by atoms with van der Waals surface area (Å²) in [5, 5.41) is 14.9. The second-order valence-electron chi connectivity index (χ2n) is 5.39. The summed E-state index contributed by atoms with van der Waals surface area (Å²) >= 11 is 2.76. The standard InChI is InChI=1S/C16H18N4O3S2/c1-2-23-14(22)11-5-3-4-6-12(11)18-13(21)9-24-16-20-19-15(25-16)17-10-7-8-10/h3-6,10H,2,7-9H2,1H3,(H,17,19)(H,18,21). The molecule has 0 radical (unpaired) electrons. The summed E-state index contributed by atoms with van der Waals surface area (Å²) in [6.45, 7) is 2.02. The minimum atomic E-state index is -0.453. The van der Waals surface area contributed by atoms with E-state index < -0.39 is 5.97 Å². The van der Waals surface area contributed by atoms with E-state index in [9.17, 15) is 9.59 Å². The number of hydrogen-bond donors (Lipinski definition) is 2. The van der Waals surface area contributed by atoms with Gasteiger partial charge in [-0.05, 0) is 31.9 Å². The smallest absolute Gasteiger partial charge is 0.340 e. The van der Waals surface area contributed by atoms with Crippen molar-refractivity contribution in [3.05, 3.63) is 29.8 Å². The highest BCUT2D eigenvalue weighted by Gasteiger charge is 2.22. The van der Waals surface area contributed by atoms with Gasteiger partial charge in [0.05, 0.1) is 23.6 Å². The van der Waals surface area contributed by atoms with Crippen molar-refractivity contribution >= 4 is 45.8 Å². The fourth-order valence-electron chi connectivity index (χ4n) is 2.02. The third-order valence-electron chi connectivity index (χ3n) is 3.33. The van der Waals surface area contributed by atoms with Gasteiger partial charge in [-0.15, -0.1) is 10.2 Å². The second kappa shape index (κ2) is 8.30. The number of nitrogens with zero attached hydrogens (tertiary/aromatic N) is 2. The van der Waals surface area contributed by atoms with Crippen LogP contribution in [0.2, 0.25) is 0 Å². The molecule has 1 amide bonds. The van der Waals surface area contributed by atoms with Gasteiger partial charge in [0.2, 0.25) is 11.0 Å². The molecule has 3 rings (SSSR count). The summed E-state index contributed by atoms with van der Waals surface area (Å²) < 4.78 is 5.73. The molecule has 132 valence electrons. The Labute approximate surface area is 153 Å². The van der Waals surface area contributed by atoms with Crippen LogP contribution in [0.3, 0.4) is 0 Å². The highest BCUT2D eigenvalue weighted by molar-refractivity contribution is 8.01. The molecule has 1 heterocycles. The van der Waals surface area contributed by atoms with Gasteiger partial charge >= 0.3 is 5.97 Å². The van der Waals surface area contributed by atoms with Gasteiger partial charge in [-0.2, -0.15) is 0 Å². The molecular weight excluding hydrogens is 360 g/mol. The van der Waals surface area contributed by atoms with Gasteiger partial charge in [-0.3, -0.25) is 4.79 Å². The first-order valence-corrected chi connectivity index (χ1v) is 9.74. The normalized spacial score (nSPS) is 13.3. The third kappa shape index (κ3) is 5.17. The van der Waals surface area contributed by atoms with Gasteiger partial charge in [0, 0.05) is 6.04 Å². The molecule has 1 aliphatic carbocycles. The molecule has 1 saturated carbocycles. The predicted octanol–water partition coefficient (Wildman–Crippen LogP) is 3.02. The van der Waals surface area contributed by atoms with Crippen LogP contribution < -0.4 is 10.6 Å². The van der Waals surface area contributed by atoms with Crippen molar-refractivity contribution in [2.45, 2.75) is 30.1 Å². The molecule has 0 aliphatic heterocycles. The Bertz CT molecular complexity index is 761. The van der Waals surface area contributed by atoms with E-state index in [0.29, 0.717) is 17.3 Å². The van der Waals surface area contributed by atoms with Crippen molar-refractivity contribution < 1.29 is 14.3 Å². The van der Waals surface area contributed by atoms with Crippen molar-refractivity contribution in [1.29, 1.82) is 0 Å². The number of carbonyl (C=O) groups is 2. The number of hydrogen-bond acceptors (Lipinski definition) is 8. The fourth-order valence-corrected chi connectivity index (χ4v) is 3.65. The largest absolute Gasteiger partial charge is 0.462 e. The van der Waals surface area contributed by atoms with Crippen molar-refractivity contribution in [3.63, 3.8) is 0 Å². The Morgan fingerprint density at radius 3 is 2.88 bits per heavy atom. The molecule has 25 heavy (non-hydrogen) atoms. The number of esters is 1. The van der Waals surface area contributed by atoms with Crippen LogP contribution in [0.15, 0.2) is 28.6 Å². The number of carbonyl (C=O) groups excluding carboxylic acids is 2. The number of thioether (sulfide) groups is 1. The molecule has 7 nitrogen and oxygen atoms in total. The van der Waals surface area contributed by atoms with Crippen molar-refractivity contribution in [3.8, 4) is 0 Å². The minimum absolute atomic E-state index is 0.190. The summed E-state index contributed by atoms with van der Waals surface area (Å²) in [4.78, 5) is 24.1. The number of benzene rings is 1. The molecule has 0 atom stereocenters. The SMILES string of the molecule is CCOC(=O)c1ccccc1NC(=O)CSc1nnc(NC2CC2)s1. The quantitative estimate of drug-likeness (QED) is 0.539. The van der Waals surface area contributed by atoms with E-state index in [2.05, 4.69) is 20.8 Å². The molecule has 0 spiro atoms. The molecule has 2 aromatic rings.